The summed E-state index contributed by atoms with van der Waals surface area (Å²) in [6.07, 6.45) is 1.99. The van der Waals surface area contributed by atoms with Gasteiger partial charge in [0, 0.05) is 30.9 Å². The van der Waals surface area contributed by atoms with Gasteiger partial charge >= 0.3 is 0 Å². The topological polar surface area (TPSA) is 39.1 Å². The lowest BCUT2D eigenvalue weighted by molar-refractivity contribution is 0.199. The maximum Gasteiger partial charge on any atom is 0.0766 e. The predicted octanol–water partition coefficient (Wildman–Crippen LogP) is 2.68. The highest BCUT2D eigenvalue weighted by atomic mass is 79.9. The van der Waals surface area contributed by atoms with Crippen LogP contribution in [0.5, 0.6) is 0 Å². The van der Waals surface area contributed by atoms with E-state index in [1.807, 2.05) is 23.0 Å². The molecular formula is C14H18BrN3O. The summed E-state index contributed by atoms with van der Waals surface area (Å²) >= 11 is 3.47. The first-order valence-corrected chi connectivity index (χ1v) is 7.01. The number of hydrogen-bond donors (Lipinski definition) is 1. The van der Waals surface area contributed by atoms with Crippen LogP contribution < -0.4 is 5.32 Å². The van der Waals surface area contributed by atoms with Gasteiger partial charge in [0.05, 0.1) is 18.0 Å². The second-order valence-electron chi connectivity index (χ2n) is 4.35. The van der Waals surface area contributed by atoms with Crippen molar-refractivity contribution in [1.29, 1.82) is 0 Å². The summed E-state index contributed by atoms with van der Waals surface area (Å²) in [6, 6.07) is 8.21. The molecule has 0 atom stereocenters. The fourth-order valence-corrected chi connectivity index (χ4v) is 2.33. The van der Waals surface area contributed by atoms with Crippen LogP contribution in [0, 0.1) is 6.92 Å². The minimum Gasteiger partial charge on any atom is -0.383 e. The molecule has 0 radical (unpaired) electrons. The number of halogens is 1. The van der Waals surface area contributed by atoms with E-state index in [1.165, 1.54) is 5.56 Å². The molecule has 1 N–H and O–H groups in total. The van der Waals surface area contributed by atoms with Crippen molar-refractivity contribution in [2.75, 3.05) is 20.3 Å². The molecule has 0 aliphatic carbocycles. The van der Waals surface area contributed by atoms with Gasteiger partial charge in [-0.1, -0.05) is 15.9 Å². The number of methoxy groups -OCH3 is 1. The van der Waals surface area contributed by atoms with Gasteiger partial charge in [-0.05, 0) is 36.8 Å². The maximum absolute atomic E-state index is 4.99. The number of rotatable bonds is 6. The fourth-order valence-electron chi connectivity index (χ4n) is 1.86. The van der Waals surface area contributed by atoms with Crippen LogP contribution >= 0.6 is 15.9 Å². The number of hydrogen-bond acceptors (Lipinski definition) is 3. The van der Waals surface area contributed by atoms with E-state index in [4.69, 9.17) is 4.74 Å². The molecule has 4 nitrogen and oxygen atoms in total. The average molecular weight is 324 g/mol. The Bertz CT molecular complexity index is 539. The van der Waals surface area contributed by atoms with Gasteiger partial charge in [-0.3, -0.25) is 0 Å². The molecule has 0 aliphatic rings. The summed E-state index contributed by atoms with van der Waals surface area (Å²) in [4.78, 5) is 0. The smallest absolute Gasteiger partial charge is 0.0766 e. The first kappa shape index (κ1) is 14.2. The zero-order valence-electron chi connectivity index (χ0n) is 11.2. The monoisotopic (exact) mass is 323 g/mol. The first-order chi connectivity index (χ1) is 9.20. The lowest BCUT2D eigenvalue weighted by Crippen LogP contribution is -2.18. The van der Waals surface area contributed by atoms with Gasteiger partial charge in [-0.2, -0.15) is 5.10 Å². The van der Waals surface area contributed by atoms with Crippen LogP contribution in [0.25, 0.3) is 5.69 Å². The third-order valence-electron chi connectivity index (χ3n) is 2.84. The lowest BCUT2D eigenvalue weighted by Gasteiger charge is -2.06. The van der Waals surface area contributed by atoms with Crippen LogP contribution in [0.1, 0.15) is 11.3 Å². The molecular weight excluding hydrogens is 306 g/mol. The van der Waals surface area contributed by atoms with Gasteiger partial charge in [0.2, 0.25) is 0 Å². The molecule has 0 unspecified atom stereocenters. The van der Waals surface area contributed by atoms with Crippen molar-refractivity contribution in [3.63, 3.8) is 0 Å². The van der Waals surface area contributed by atoms with E-state index in [9.17, 15) is 0 Å². The SMILES string of the molecule is COCCNCc1ccn(-c2ccc(Br)cc2C)n1. The van der Waals surface area contributed by atoms with Crippen molar-refractivity contribution < 1.29 is 4.74 Å². The summed E-state index contributed by atoms with van der Waals surface area (Å²) in [7, 11) is 1.70. The third-order valence-corrected chi connectivity index (χ3v) is 3.33. The largest absolute Gasteiger partial charge is 0.383 e. The van der Waals surface area contributed by atoms with E-state index in [1.54, 1.807) is 7.11 Å². The van der Waals surface area contributed by atoms with Crippen LogP contribution in [0.2, 0.25) is 0 Å². The lowest BCUT2D eigenvalue weighted by atomic mass is 10.2. The number of nitrogens with one attached hydrogen (secondary N) is 1. The molecule has 2 aromatic rings. The van der Waals surface area contributed by atoms with Gasteiger partial charge in [0.25, 0.3) is 0 Å². The molecule has 0 aliphatic heterocycles. The van der Waals surface area contributed by atoms with Crippen LogP contribution in [-0.2, 0) is 11.3 Å². The Morgan fingerprint density at radius 1 is 1.37 bits per heavy atom. The van der Waals surface area contributed by atoms with E-state index in [-0.39, 0.29) is 0 Å². The van der Waals surface area contributed by atoms with E-state index in [2.05, 4.69) is 45.4 Å². The summed E-state index contributed by atoms with van der Waals surface area (Å²) in [5.74, 6) is 0. The Balaban J connectivity index is 2.04. The standard InChI is InChI=1S/C14H18BrN3O/c1-11-9-12(15)3-4-14(11)18-7-5-13(17-18)10-16-6-8-19-2/h3-5,7,9,16H,6,8,10H2,1-2H3. The number of aryl methyl sites for hydroxylation is 1. The van der Waals surface area contributed by atoms with Crippen LogP contribution in [-0.4, -0.2) is 30.0 Å². The van der Waals surface area contributed by atoms with Gasteiger partial charge in [-0.25, -0.2) is 4.68 Å². The highest BCUT2D eigenvalue weighted by Crippen LogP contribution is 2.18. The number of nitrogens with zero attached hydrogens (tertiary/aromatic N) is 2. The average Bonchev–Trinajstić information content (AvgIpc) is 2.83. The van der Waals surface area contributed by atoms with Crippen LogP contribution in [0.3, 0.4) is 0 Å². The van der Waals surface area contributed by atoms with Crippen LogP contribution in [0.4, 0.5) is 0 Å². The Morgan fingerprint density at radius 2 is 2.21 bits per heavy atom. The highest BCUT2D eigenvalue weighted by molar-refractivity contribution is 9.10. The maximum atomic E-state index is 4.99. The Labute approximate surface area is 121 Å². The molecule has 0 saturated carbocycles. The zero-order chi connectivity index (χ0) is 13.7. The summed E-state index contributed by atoms with van der Waals surface area (Å²) < 4.78 is 7.99. The van der Waals surface area contributed by atoms with Gasteiger partial charge in [0.1, 0.15) is 0 Å². The molecule has 0 amide bonds. The van der Waals surface area contributed by atoms with Crippen molar-refractivity contribution in [2.24, 2.45) is 0 Å². The Kier molecular flexibility index (Phi) is 5.13. The molecule has 102 valence electrons. The zero-order valence-corrected chi connectivity index (χ0v) is 12.8. The minimum absolute atomic E-state index is 0.715. The number of benzene rings is 1. The van der Waals surface area contributed by atoms with E-state index < -0.39 is 0 Å². The second-order valence-corrected chi connectivity index (χ2v) is 5.27. The molecule has 1 aromatic heterocycles. The summed E-state index contributed by atoms with van der Waals surface area (Å²) in [5.41, 5.74) is 3.32. The molecule has 5 heteroatoms. The van der Waals surface area contributed by atoms with Crippen molar-refractivity contribution in [3.8, 4) is 5.69 Å². The molecule has 0 saturated heterocycles. The van der Waals surface area contributed by atoms with Gasteiger partial charge < -0.3 is 10.1 Å². The van der Waals surface area contributed by atoms with Crippen LogP contribution in [0.15, 0.2) is 34.9 Å². The van der Waals surface area contributed by atoms with E-state index >= 15 is 0 Å². The highest BCUT2D eigenvalue weighted by Gasteiger charge is 2.04. The van der Waals surface area contributed by atoms with Gasteiger partial charge in [-0.15, -0.1) is 0 Å². The van der Waals surface area contributed by atoms with E-state index in [0.29, 0.717) is 6.61 Å². The normalized spacial score (nSPS) is 10.9. The van der Waals surface area contributed by atoms with E-state index in [0.717, 1.165) is 28.9 Å². The Morgan fingerprint density at radius 3 is 2.95 bits per heavy atom. The van der Waals surface area contributed by atoms with Crippen molar-refractivity contribution in [1.82, 2.24) is 15.1 Å². The van der Waals surface area contributed by atoms with Crippen molar-refractivity contribution >= 4 is 15.9 Å². The molecule has 0 fully saturated rings. The molecule has 2 rings (SSSR count). The molecule has 0 spiro atoms. The predicted molar refractivity (Wildman–Crippen MR) is 79.6 cm³/mol. The third kappa shape index (κ3) is 3.89. The molecule has 1 aromatic carbocycles. The summed E-state index contributed by atoms with van der Waals surface area (Å²) in [5, 5.41) is 7.85. The molecule has 1 heterocycles. The fraction of sp³-hybridized carbons (Fsp3) is 0.357. The number of aromatic nitrogens is 2. The second kappa shape index (κ2) is 6.84. The summed E-state index contributed by atoms with van der Waals surface area (Å²) in [6.45, 7) is 4.39. The quantitative estimate of drug-likeness (QED) is 0.831. The molecule has 19 heavy (non-hydrogen) atoms. The number of ether oxygens (including phenoxy) is 1. The van der Waals surface area contributed by atoms with Gasteiger partial charge in [0.15, 0.2) is 0 Å². The molecule has 0 bridgehead atoms. The minimum atomic E-state index is 0.715. The van der Waals surface area contributed by atoms with Crippen molar-refractivity contribution in [2.45, 2.75) is 13.5 Å². The van der Waals surface area contributed by atoms with Crippen molar-refractivity contribution in [3.05, 3.63) is 46.2 Å². The Hall–Kier alpha value is -1.17. The first-order valence-electron chi connectivity index (χ1n) is 6.21.